The second-order valence-electron chi connectivity index (χ2n) is 8.42. The minimum Gasteiger partial charge on any atom is -0.491 e. The van der Waals surface area contributed by atoms with Crippen LogP contribution in [0.1, 0.15) is 0 Å². The van der Waals surface area contributed by atoms with E-state index in [1.165, 1.54) is 0 Å². The van der Waals surface area contributed by atoms with E-state index in [9.17, 15) is 4.79 Å². The molecule has 0 unspecified atom stereocenters. The molecule has 3 aromatic heterocycles. The summed E-state index contributed by atoms with van der Waals surface area (Å²) in [5.41, 5.74) is 1.02. The Kier molecular flexibility index (Phi) is 11.4. The van der Waals surface area contributed by atoms with Crippen LogP contribution in [-0.2, 0) is 28.5 Å². The van der Waals surface area contributed by atoms with E-state index < -0.39 is 5.97 Å². The summed E-state index contributed by atoms with van der Waals surface area (Å²) in [5, 5.41) is 11.6. The normalized spacial score (nSPS) is 11.4. The zero-order valence-corrected chi connectivity index (χ0v) is 21.7. The lowest BCUT2D eigenvalue weighted by Crippen LogP contribution is -2.15. The molecule has 0 bridgehead atoms. The monoisotopic (exact) mass is 539 g/mol. The predicted molar refractivity (Wildman–Crippen MR) is 144 cm³/mol. The molecule has 1 N–H and O–H groups in total. The number of carboxylic acid groups (broad SMARTS) is 1. The Morgan fingerprint density at radius 1 is 0.718 bits per heavy atom. The molecule has 1 aromatic carbocycles. The molecule has 0 aliphatic heterocycles. The van der Waals surface area contributed by atoms with Gasteiger partial charge >= 0.3 is 5.97 Å². The lowest BCUT2D eigenvalue weighted by Gasteiger charge is -2.10. The van der Waals surface area contributed by atoms with E-state index in [2.05, 4.69) is 22.1 Å². The van der Waals surface area contributed by atoms with Crippen LogP contribution in [0, 0.1) is 0 Å². The van der Waals surface area contributed by atoms with Gasteiger partial charge in [-0.05, 0) is 35.7 Å². The summed E-state index contributed by atoms with van der Waals surface area (Å²) in [6.45, 7) is 3.86. The number of aromatic nitrogens is 3. The van der Waals surface area contributed by atoms with Crippen molar-refractivity contribution >= 4 is 27.6 Å². The standard InChI is InChI=1S/C28H33N3O8/c32-28(33)21-38-14-13-36-10-9-34-7-8-35-11-12-37-15-16-39-25-2-1-23-18-27(30-19-24(23)17-25)31-6-4-22-3-5-29-20-26(22)31/h1-6,17-20H,7-16,21H2,(H,32,33). The van der Waals surface area contributed by atoms with Gasteiger partial charge in [0.1, 0.15) is 24.8 Å². The number of carbonyl (C=O) groups is 1. The first-order valence-electron chi connectivity index (χ1n) is 12.8. The number of aliphatic carboxylic acids is 1. The molecule has 0 amide bonds. The molecule has 0 atom stereocenters. The van der Waals surface area contributed by atoms with Crippen molar-refractivity contribution in [2.24, 2.45) is 0 Å². The molecule has 0 spiro atoms. The van der Waals surface area contributed by atoms with E-state index in [-0.39, 0.29) is 13.2 Å². The lowest BCUT2D eigenvalue weighted by molar-refractivity contribution is -0.142. The summed E-state index contributed by atoms with van der Waals surface area (Å²) in [7, 11) is 0. The molecule has 4 rings (SSSR count). The van der Waals surface area contributed by atoms with Gasteiger partial charge in [-0.15, -0.1) is 0 Å². The number of fused-ring (bicyclic) bond motifs is 2. The van der Waals surface area contributed by atoms with Gasteiger partial charge in [-0.25, -0.2) is 9.78 Å². The zero-order valence-electron chi connectivity index (χ0n) is 21.7. The molecular formula is C28H33N3O8. The van der Waals surface area contributed by atoms with Crippen LogP contribution in [0.2, 0.25) is 0 Å². The fourth-order valence-corrected chi connectivity index (χ4v) is 3.76. The molecule has 0 saturated carbocycles. The van der Waals surface area contributed by atoms with Crippen molar-refractivity contribution in [1.82, 2.24) is 14.5 Å². The van der Waals surface area contributed by atoms with Gasteiger partial charge in [0, 0.05) is 29.4 Å². The molecule has 208 valence electrons. The second kappa shape index (κ2) is 15.7. The van der Waals surface area contributed by atoms with Crippen LogP contribution < -0.4 is 4.74 Å². The van der Waals surface area contributed by atoms with Gasteiger partial charge in [0.15, 0.2) is 0 Å². The summed E-state index contributed by atoms with van der Waals surface area (Å²) in [6.07, 6.45) is 7.48. The third kappa shape index (κ3) is 9.27. The predicted octanol–water partition coefficient (Wildman–Crippen LogP) is 3.12. The van der Waals surface area contributed by atoms with E-state index in [4.69, 9.17) is 33.5 Å². The average molecular weight is 540 g/mol. The molecule has 4 aromatic rings. The van der Waals surface area contributed by atoms with E-state index in [1.807, 2.05) is 47.4 Å². The van der Waals surface area contributed by atoms with Crippen molar-refractivity contribution in [1.29, 1.82) is 0 Å². The molecule has 11 heteroatoms. The van der Waals surface area contributed by atoms with Crippen molar-refractivity contribution in [2.75, 3.05) is 72.7 Å². The minimum atomic E-state index is -0.994. The third-order valence-electron chi connectivity index (χ3n) is 5.63. The minimum absolute atomic E-state index is 0.243. The highest BCUT2D eigenvalue weighted by Crippen LogP contribution is 2.24. The molecule has 0 fully saturated rings. The van der Waals surface area contributed by atoms with E-state index >= 15 is 0 Å². The molecule has 0 saturated heterocycles. The molecule has 0 aliphatic rings. The number of nitrogens with zero attached hydrogens (tertiary/aromatic N) is 3. The van der Waals surface area contributed by atoms with Gasteiger partial charge in [0.25, 0.3) is 0 Å². The summed E-state index contributed by atoms with van der Waals surface area (Å²) >= 11 is 0. The van der Waals surface area contributed by atoms with E-state index in [0.717, 1.165) is 33.2 Å². The zero-order chi connectivity index (χ0) is 27.1. The number of hydrogen-bond acceptors (Lipinski definition) is 9. The van der Waals surface area contributed by atoms with Crippen LogP contribution in [-0.4, -0.2) is 98.3 Å². The van der Waals surface area contributed by atoms with Crippen LogP contribution in [0.4, 0.5) is 0 Å². The number of pyridine rings is 2. The number of rotatable bonds is 19. The van der Waals surface area contributed by atoms with Crippen LogP contribution in [0.15, 0.2) is 61.2 Å². The van der Waals surface area contributed by atoms with Crippen LogP contribution in [0.3, 0.4) is 0 Å². The lowest BCUT2D eigenvalue weighted by atomic mass is 10.1. The highest BCUT2D eigenvalue weighted by atomic mass is 16.6. The molecule has 39 heavy (non-hydrogen) atoms. The Morgan fingerprint density at radius 3 is 2.08 bits per heavy atom. The summed E-state index contributed by atoms with van der Waals surface area (Å²) in [5.74, 6) is 0.612. The first-order valence-corrected chi connectivity index (χ1v) is 12.8. The number of benzene rings is 1. The Bertz CT molecular complexity index is 1310. The third-order valence-corrected chi connectivity index (χ3v) is 5.63. The van der Waals surface area contributed by atoms with Crippen molar-refractivity contribution in [3.8, 4) is 11.6 Å². The fourth-order valence-electron chi connectivity index (χ4n) is 3.76. The maximum absolute atomic E-state index is 10.3. The van der Waals surface area contributed by atoms with Crippen molar-refractivity contribution in [3.05, 3.63) is 61.2 Å². The maximum Gasteiger partial charge on any atom is 0.329 e. The summed E-state index contributed by atoms with van der Waals surface area (Å²) < 4.78 is 34.4. The van der Waals surface area contributed by atoms with Gasteiger partial charge < -0.3 is 33.5 Å². The molecule has 3 heterocycles. The van der Waals surface area contributed by atoms with E-state index in [1.54, 1.807) is 6.20 Å². The highest BCUT2D eigenvalue weighted by Gasteiger charge is 2.06. The van der Waals surface area contributed by atoms with E-state index in [0.29, 0.717) is 59.5 Å². The van der Waals surface area contributed by atoms with Gasteiger partial charge in [0.05, 0.1) is 71.2 Å². The van der Waals surface area contributed by atoms with Gasteiger partial charge in [0.2, 0.25) is 0 Å². The van der Waals surface area contributed by atoms with Crippen LogP contribution in [0.25, 0.3) is 27.5 Å². The molecule has 0 radical (unpaired) electrons. The van der Waals surface area contributed by atoms with Gasteiger partial charge in [-0.1, -0.05) is 6.07 Å². The van der Waals surface area contributed by atoms with Crippen molar-refractivity contribution in [2.45, 2.75) is 0 Å². The summed E-state index contributed by atoms with van der Waals surface area (Å²) in [6, 6.07) is 12.0. The Labute approximate surface area is 226 Å². The average Bonchev–Trinajstić information content (AvgIpc) is 3.38. The first-order chi connectivity index (χ1) is 19.2. The molecule has 11 nitrogen and oxygen atoms in total. The second-order valence-corrected chi connectivity index (χ2v) is 8.42. The highest BCUT2D eigenvalue weighted by molar-refractivity contribution is 5.86. The topological polar surface area (TPSA) is 123 Å². The fraction of sp³-hybridized carbons (Fsp3) is 0.393. The SMILES string of the molecule is O=C(O)COCCOCCOCCOCCOCCOc1ccc2cc(-n3ccc4ccncc43)ncc2c1. The van der Waals surface area contributed by atoms with Crippen LogP contribution in [0.5, 0.6) is 5.75 Å². The van der Waals surface area contributed by atoms with Crippen molar-refractivity contribution in [3.63, 3.8) is 0 Å². The van der Waals surface area contributed by atoms with Crippen molar-refractivity contribution < 1.29 is 38.3 Å². The largest absolute Gasteiger partial charge is 0.491 e. The summed E-state index contributed by atoms with van der Waals surface area (Å²) in [4.78, 5) is 19.1. The van der Waals surface area contributed by atoms with Crippen LogP contribution >= 0.6 is 0 Å². The molecular weight excluding hydrogens is 506 g/mol. The number of hydrogen-bond donors (Lipinski definition) is 1. The maximum atomic E-state index is 10.3. The Hall–Kier alpha value is -3.61. The number of ether oxygens (including phenoxy) is 6. The van der Waals surface area contributed by atoms with Gasteiger partial charge in [-0.2, -0.15) is 0 Å². The first kappa shape index (κ1) is 28.4. The quantitative estimate of drug-likeness (QED) is 0.178. The smallest absolute Gasteiger partial charge is 0.329 e. The van der Waals surface area contributed by atoms with Gasteiger partial charge in [-0.3, -0.25) is 9.55 Å². The molecule has 0 aliphatic carbocycles. The number of carboxylic acids is 1. The Morgan fingerprint density at radius 2 is 1.38 bits per heavy atom. The Balaban J connectivity index is 1.03.